The fourth-order valence-electron chi connectivity index (χ4n) is 1.62. The van der Waals surface area contributed by atoms with E-state index in [1.807, 2.05) is 13.8 Å². The van der Waals surface area contributed by atoms with Crippen LogP contribution in [0.1, 0.15) is 66.2 Å². The van der Waals surface area contributed by atoms with Crippen LogP contribution < -0.4 is 5.32 Å². The Labute approximate surface area is 143 Å². The standard InChI is InChI=1S/C16H33NO4.C2H6/c1-3-5-8-16(18)17-9-7-11-20-13-15-21-14-12-19-10-6-4-2;1-2/h3-15H2,1-2H3,(H,17,18);1-2H3. The van der Waals surface area contributed by atoms with Crippen LogP contribution in [-0.2, 0) is 19.0 Å². The summed E-state index contributed by atoms with van der Waals surface area (Å²) in [6, 6.07) is 0. The van der Waals surface area contributed by atoms with Gasteiger partial charge in [-0.05, 0) is 19.3 Å². The third-order valence-corrected chi connectivity index (χ3v) is 2.93. The van der Waals surface area contributed by atoms with Gasteiger partial charge in [0.05, 0.1) is 26.4 Å². The minimum atomic E-state index is 0.142. The number of amides is 1. The van der Waals surface area contributed by atoms with Crippen molar-refractivity contribution in [2.24, 2.45) is 0 Å². The zero-order chi connectivity index (χ0) is 17.6. The van der Waals surface area contributed by atoms with Crippen LogP contribution in [0.3, 0.4) is 0 Å². The second-order valence-corrected chi connectivity index (χ2v) is 5.00. The van der Waals surface area contributed by atoms with E-state index < -0.39 is 0 Å². The van der Waals surface area contributed by atoms with Crippen LogP contribution in [0.5, 0.6) is 0 Å². The zero-order valence-electron chi connectivity index (χ0n) is 15.8. The third kappa shape index (κ3) is 23.7. The summed E-state index contributed by atoms with van der Waals surface area (Å²) in [7, 11) is 0. The summed E-state index contributed by atoms with van der Waals surface area (Å²) in [5.41, 5.74) is 0. The molecule has 0 aromatic rings. The van der Waals surface area contributed by atoms with Gasteiger partial charge >= 0.3 is 0 Å². The quantitative estimate of drug-likeness (QED) is 0.439. The molecule has 0 atom stereocenters. The van der Waals surface area contributed by atoms with E-state index in [1.165, 1.54) is 0 Å². The Hall–Kier alpha value is -0.650. The second-order valence-electron chi connectivity index (χ2n) is 5.00. The maximum atomic E-state index is 11.3. The van der Waals surface area contributed by atoms with Crippen molar-refractivity contribution < 1.29 is 19.0 Å². The second kappa shape index (κ2) is 23.6. The number of ether oxygens (including phenoxy) is 3. The third-order valence-electron chi connectivity index (χ3n) is 2.93. The van der Waals surface area contributed by atoms with Gasteiger partial charge in [-0.3, -0.25) is 4.79 Å². The summed E-state index contributed by atoms with van der Waals surface area (Å²) in [6.45, 7) is 12.9. The van der Waals surface area contributed by atoms with Gasteiger partial charge < -0.3 is 19.5 Å². The molecule has 0 aliphatic heterocycles. The average molecular weight is 334 g/mol. The highest BCUT2D eigenvalue weighted by Gasteiger charge is 1.98. The van der Waals surface area contributed by atoms with Crippen LogP contribution in [0, 0.1) is 0 Å². The molecule has 0 unspecified atom stereocenters. The van der Waals surface area contributed by atoms with E-state index in [2.05, 4.69) is 19.2 Å². The van der Waals surface area contributed by atoms with Crippen molar-refractivity contribution >= 4 is 5.91 Å². The Bertz CT molecular complexity index is 225. The van der Waals surface area contributed by atoms with Gasteiger partial charge in [-0.15, -0.1) is 0 Å². The molecular weight excluding hydrogens is 294 g/mol. The molecule has 0 aliphatic carbocycles. The molecule has 0 fully saturated rings. The van der Waals surface area contributed by atoms with Crippen molar-refractivity contribution in [2.45, 2.75) is 66.2 Å². The maximum absolute atomic E-state index is 11.3. The summed E-state index contributed by atoms with van der Waals surface area (Å²) in [6.07, 6.45) is 5.76. The zero-order valence-corrected chi connectivity index (χ0v) is 15.8. The first-order valence-electron chi connectivity index (χ1n) is 9.31. The number of carbonyl (C=O) groups is 1. The molecule has 23 heavy (non-hydrogen) atoms. The highest BCUT2D eigenvalue weighted by Crippen LogP contribution is 1.93. The largest absolute Gasteiger partial charge is 0.379 e. The van der Waals surface area contributed by atoms with Gasteiger partial charge in [0, 0.05) is 26.2 Å². The van der Waals surface area contributed by atoms with Gasteiger partial charge in [-0.2, -0.15) is 0 Å². The smallest absolute Gasteiger partial charge is 0.219 e. The maximum Gasteiger partial charge on any atom is 0.219 e. The van der Waals surface area contributed by atoms with Crippen LogP contribution in [-0.4, -0.2) is 52.1 Å². The van der Waals surface area contributed by atoms with E-state index in [-0.39, 0.29) is 5.91 Å². The van der Waals surface area contributed by atoms with E-state index in [1.54, 1.807) is 0 Å². The normalized spacial score (nSPS) is 10.1. The highest BCUT2D eigenvalue weighted by atomic mass is 16.5. The van der Waals surface area contributed by atoms with Crippen molar-refractivity contribution in [3.05, 3.63) is 0 Å². The molecule has 5 heteroatoms. The topological polar surface area (TPSA) is 56.8 Å². The molecule has 0 heterocycles. The van der Waals surface area contributed by atoms with E-state index in [4.69, 9.17) is 14.2 Å². The number of hydrogen-bond acceptors (Lipinski definition) is 4. The van der Waals surface area contributed by atoms with Crippen molar-refractivity contribution in [2.75, 3.05) is 46.2 Å². The van der Waals surface area contributed by atoms with Gasteiger partial charge in [-0.25, -0.2) is 0 Å². The first kappa shape index (κ1) is 24.6. The van der Waals surface area contributed by atoms with E-state index in [9.17, 15) is 4.79 Å². The van der Waals surface area contributed by atoms with Crippen LogP contribution in [0.4, 0.5) is 0 Å². The minimum absolute atomic E-state index is 0.142. The van der Waals surface area contributed by atoms with Crippen molar-refractivity contribution in [3.8, 4) is 0 Å². The molecule has 5 nitrogen and oxygen atoms in total. The van der Waals surface area contributed by atoms with Gasteiger partial charge in [0.2, 0.25) is 5.91 Å². The predicted molar refractivity (Wildman–Crippen MR) is 95.9 cm³/mol. The summed E-state index contributed by atoms with van der Waals surface area (Å²) < 4.78 is 16.2. The van der Waals surface area contributed by atoms with Crippen LogP contribution in [0.2, 0.25) is 0 Å². The monoisotopic (exact) mass is 333 g/mol. The first-order chi connectivity index (χ1) is 11.3. The lowest BCUT2D eigenvalue weighted by Gasteiger charge is -2.07. The summed E-state index contributed by atoms with van der Waals surface area (Å²) in [5.74, 6) is 0.142. The number of rotatable bonds is 16. The van der Waals surface area contributed by atoms with Crippen LogP contribution in [0.25, 0.3) is 0 Å². The van der Waals surface area contributed by atoms with Gasteiger partial charge in [0.1, 0.15) is 0 Å². The Morgan fingerprint density at radius 1 is 0.739 bits per heavy atom. The minimum Gasteiger partial charge on any atom is -0.379 e. The molecule has 140 valence electrons. The molecule has 0 aliphatic rings. The highest BCUT2D eigenvalue weighted by molar-refractivity contribution is 5.75. The Morgan fingerprint density at radius 2 is 1.22 bits per heavy atom. The molecule has 0 rings (SSSR count). The number of unbranched alkanes of at least 4 members (excludes halogenated alkanes) is 2. The van der Waals surface area contributed by atoms with E-state index >= 15 is 0 Å². The molecule has 0 aromatic carbocycles. The lowest BCUT2D eigenvalue weighted by Crippen LogP contribution is -2.25. The van der Waals surface area contributed by atoms with Crippen molar-refractivity contribution in [1.29, 1.82) is 0 Å². The SMILES string of the molecule is CC.CCCCOCCOCCOCCCNC(=O)CCCC. The molecule has 0 radical (unpaired) electrons. The van der Waals surface area contributed by atoms with Gasteiger partial charge in [0.15, 0.2) is 0 Å². The van der Waals surface area contributed by atoms with Crippen LogP contribution >= 0.6 is 0 Å². The average Bonchev–Trinajstić information content (AvgIpc) is 2.59. The number of hydrogen-bond donors (Lipinski definition) is 1. The van der Waals surface area contributed by atoms with Gasteiger partial charge in [0.25, 0.3) is 0 Å². The molecule has 0 bridgehead atoms. The fraction of sp³-hybridized carbons (Fsp3) is 0.944. The van der Waals surface area contributed by atoms with Crippen molar-refractivity contribution in [1.82, 2.24) is 5.32 Å². The van der Waals surface area contributed by atoms with E-state index in [0.717, 1.165) is 38.7 Å². The molecule has 0 spiro atoms. The van der Waals surface area contributed by atoms with E-state index in [0.29, 0.717) is 46.0 Å². The summed E-state index contributed by atoms with van der Waals surface area (Å²) in [4.78, 5) is 11.3. The Balaban J connectivity index is 0. The molecule has 1 amide bonds. The summed E-state index contributed by atoms with van der Waals surface area (Å²) in [5, 5.41) is 2.89. The van der Waals surface area contributed by atoms with Crippen molar-refractivity contribution in [3.63, 3.8) is 0 Å². The molecule has 0 saturated carbocycles. The van der Waals surface area contributed by atoms with Crippen LogP contribution in [0.15, 0.2) is 0 Å². The predicted octanol–water partition coefficient (Wildman–Crippen LogP) is 3.56. The van der Waals surface area contributed by atoms with Gasteiger partial charge in [-0.1, -0.05) is 40.5 Å². The number of nitrogens with one attached hydrogen (secondary N) is 1. The molecule has 0 saturated heterocycles. The first-order valence-corrected chi connectivity index (χ1v) is 9.31. The number of carbonyl (C=O) groups excluding carboxylic acids is 1. The summed E-state index contributed by atoms with van der Waals surface area (Å²) >= 11 is 0. The molecular formula is C18H39NO4. The lowest BCUT2D eigenvalue weighted by atomic mass is 10.2. The Morgan fingerprint density at radius 3 is 1.74 bits per heavy atom. The lowest BCUT2D eigenvalue weighted by molar-refractivity contribution is -0.121. The Kier molecular flexibility index (Phi) is 25.3. The molecule has 0 aromatic heterocycles. The fourth-order valence-corrected chi connectivity index (χ4v) is 1.62. The molecule has 1 N–H and O–H groups in total.